The Morgan fingerprint density at radius 2 is 1.31 bits per heavy atom. The molecule has 5 rings (SSSR count). The Morgan fingerprint density at radius 3 is 1.87 bits per heavy atom. The number of hydrogen-bond donors (Lipinski definition) is 1. The van der Waals surface area contributed by atoms with Crippen molar-refractivity contribution in [1.82, 2.24) is 4.98 Å². The van der Waals surface area contributed by atoms with Gasteiger partial charge in [0.2, 0.25) is 0 Å². The summed E-state index contributed by atoms with van der Waals surface area (Å²) in [6, 6.07) is 4.27. The summed E-state index contributed by atoms with van der Waals surface area (Å²) in [6.45, 7) is 40.7. The molecule has 7 unspecified atom stereocenters. The van der Waals surface area contributed by atoms with Gasteiger partial charge in [-0.05, 0) is 124 Å². The van der Waals surface area contributed by atoms with Crippen LogP contribution in [0.25, 0.3) is 0 Å². The van der Waals surface area contributed by atoms with Gasteiger partial charge in [0.1, 0.15) is 5.82 Å². The lowest BCUT2D eigenvalue weighted by Crippen LogP contribution is -2.49. The van der Waals surface area contributed by atoms with Crippen LogP contribution in [0.3, 0.4) is 0 Å². The molecule has 1 heterocycles. The summed E-state index contributed by atoms with van der Waals surface area (Å²) in [4.78, 5) is 4.77. The van der Waals surface area contributed by atoms with Gasteiger partial charge in [-0.2, -0.15) is 0 Å². The molecule has 4 aliphatic rings. The maximum atomic E-state index is 4.77. The van der Waals surface area contributed by atoms with E-state index < -0.39 is 0 Å². The highest BCUT2D eigenvalue weighted by molar-refractivity contribution is 5.49. The van der Waals surface area contributed by atoms with Gasteiger partial charge in [0, 0.05) is 17.3 Å². The Balaban J connectivity index is 0. The van der Waals surface area contributed by atoms with Crippen molar-refractivity contribution in [2.24, 2.45) is 46.3 Å². The van der Waals surface area contributed by atoms with Crippen molar-refractivity contribution in [3.05, 3.63) is 35.7 Å². The maximum absolute atomic E-state index is 4.77. The van der Waals surface area contributed by atoms with Crippen LogP contribution in [-0.2, 0) is 0 Å². The molecule has 0 aliphatic heterocycles. The molecule has 8 atom stereocenters. The first-order valence-corrected chi connectivity index (χ1v) is 20.1. The van der Waals surface area contributed by atoms with Crippen LogP contribution in [0.1, 0.15) is 186 Å². The third-order valence-electron chi connectivity index (χ3n) is 11.1. The number of hydrogen-bond acceptors (Lipinski definition) is 2. The third-order valence-corrected chi connectivity index (χ3v) is 11.1. The van der Waals surface area contributed by atoms with Gasteiger partial charge in [-0.25, -0.2) is 4.98 Å². The summed E-state index contributed by atoms with van der Waals surface area (Å²) in [7, 11) is 0. The molecule has 266 valence electrons. The fourth-order valence-electron chi connectivity index (χ4n) is 9.07. The first-order valence-electron chi connectivity index (χ1n) is 20.1. The number of anilines is 1. The molecular formula is C43H84N2. The molecule has 4 aliphatic carbocycles. The number of pyridine rings is 1. The minimum absolute atomic E-state index is 0.419. The average Bonchev–Trinajstić information content (AvgIpc) is 3.45. The van der Waals surface area contributed by atoms with E-state index in [0.717, 1.165) is 41.1 Å². The Labute approximate surface area is 285 Å². The van der Waals surface area contributed by atoms with E-state index in [1.165, 1.54) is 81.9 Å². The number of aryl methyl sites for hydroxylation is 2. The second kappa shape index (κ2) is 23.9. The fourth-order valence-corrected chi connectivity index (χ4v) is 9.07. The van der Waals surface area contributed by atoms with Crippen molar-refractivity contribution in [2.75, 3.05) is 5.32 Å². The number of allylic oxidation sites excluding steroid dienone is 1. The van der Waals surface area contributed by atoms with Gasteiger partial charge in [0.15, 0.2) is 0 Å². The van der Waals surface area contributed by atoms with E-state index in [9.17, 15) is 0 Å². The van der Waals surface area contributed by atoms with Crippen molar-refractivity contribution >= 4 is 5.82 Å². The van der Waals surface area contributed by atoms with Gasteiger partial charge < -0.3 is 5.32 Å². The minimum atomic E-state index is 0.419. The zero-order valence-electron chi connectivity index (χ0n) is 34.1. The lowest BCUT2D eigenvalue weighted by molar-refractivity contribution is -0.0751. The van der Waals surface area contributed by atoms with E-state index in [4.69, 9.17) is 4.98 Å². The molecule has 0 amide bonds. The molecule has 4 saturated carbocycles. The Bertz CT molecular complexity index is 890. The standard InChI is InChI=1S/C30H46N2.C3H8.5C2H6/c1-7-29(5)16-14-23-22(18-29)10-11-25-24(23)15-17-30(6)26(12-13-27(25)30)21(4)32-28-19(2)8-9-20(3)31-28;1-3-2;5*1-2/h8-9,22-27H,4,7,10-18H2,1-3,5-6H3,(H,31,32);3H2,1-2H3;5*1-2H3/t22?,23?,24?,25?,26?,27?,29-,30?;;;;;;/m0....../s1. The highest BCUT2D eigenvalue weighted by Crippen LogP contribution is 2.66. The van der Waals surface area contributed by atoms with E-state index >= 15 is 0 Å². The summed E-state index contributed by atoms with van der Waals surface area (Å²) in [6.07, 6.45) is 15.7. The molecule has 2 nitrogen and oxygen atoms in total. The number of aromatic nitrogens is 1. The third kappa shape index (κ3) is 11.7. The van der Waals surface area contributed by atoms with Crippen molar-refractivity contribution in [2.45, 2.75) is 188 Å². The van der Waals surface area contributed by atoms with Gasteiger partial charge in [-0.15, -0.1) is 0 Å². The molecule has 1 N–H and O–H groups in total. The highest BCUT2D eigenvalue weighted by Gasteiger charge is 2.57. The number of nitrogens with zero attached hydrogens (tertiary/aromatic N) is 1. The number of nitrogens with one attached hydrogen (secondary N) is 1. The zero-order valence-corrected chi connectivity index (χ0v) is 34.1. The Hall–Kier alpha value is -1.31. The number of fused-ring (bicyclic) bond motifs is 5. The van der Waals surface area contributed by atoms with Crippen LogP contribution in [-0.4, -0.2) is 4.98 Å². The minimum Gasteiger partial charge on any atom is -0.344 e. The van der Waals surface area contributed by atoms with E-state index in [0.29, 0.717) is 16.7 Å². The predicted molar refractivity (Wildman–Crippen MR) is 208 cm³/mol. The summed E-state index contributed by atoms with van der Waals surface area (Å²) >= 11 is 0. The molecule has 0 spiro atoms. The molecule has 1 aromatic rings. The first-order chi connectivity index (χ1) is 21.7. The molecule has 0 radical (unpaired) electrons. The molecule has 2 heteroatoms. The molecule has 0 aromatic carbocycles. The van der Waals surface area contributed by atoms with Crippen molar-refractivity contribution in [1.29, 1.82) is 0 Å². The van der Waals surface area contributed by atoms with E-state index in [-0.39, 0.29) is 0 Å². The molecule has 4 fully saturated rings. The predicted octanol–water partition coefficient (Wildman–Crippen LogP) is 14.9. The van der Waals surface area contributed by atoms with Crippen LogP contribution in [0.5, 0.6) is 0 Å². The smallest absolute Gasteiger partial charge is 0.133 e. The van der Waals surface area contributed by atoms with E-state index in [1.54, 1.807) is 0 Å². The van der Waals surface area contributed by atoms with Crippen molar-refractivity contribution in [3.8, 4) is 0 Å². The van der Waals surface area contributed by atoms with Crippen molar-refractivity contribution < 1.29 is 0 Å². The number of rotatable bonds is 4. The topological polar surface area (TPSA) is 24.9 Å². The van der Waals surface area contributed by atoms with Gasteiger partial charge >= 0.3 is 0 Å². The first kappa shape index (κ1) is 45.8. The quantitative estimate of drug-likeness (QED) is 0.359. The molecule has 45 heavy (non-hydrogen) atoms. The maximum Gasteiger partial charge on any atom is 0.133 e. The highest BCUT2D eigenvalue weighted by atomic mass is 15.0. The van der Waals surface area contributed by atoms with Crippen LogP contribution in [0.15, 0.2) is 24.4 Å². The largest absolute Gasteiger partial charge is 0.344 e. The summed E-state index contributed by atoms with van der Waals surface area (Å²) in [5.41, 5.74) is 4.56. The van der Waals surface area contributed by atoms with Gasteiger partial charge in [-0.3, -0.25) is 0 Å². The fraction of sp³-hybridized carbons (Fsp3) is 0.837. The van der Waals surface area contributed by atoms with Crippen LogP contribution >= 0.6 is 0 Å². The van der Waals surface area contributed by atoms with Crippen LogP contribution in [0.4, 0.5) is 5.82 Å². The van der Waals surface area contributed by atoms with Crippen LogP contribution in [0.2, 0.25) is 0 Å². The normalized spacial score (nSPS) is 31.8. The van der Waals surface area contributed by atoms with Gasteiger partial charge in [0.05, 0.1) is 0 Å². The molecule has 0 bridgehead atoms. The van der Waals surface area contributed by atoms with Crippen LogP contribution in [0, 0.1) is 60.2 Å². The summed E-state index contributed by atoms with van der Waals surface area (Å²) in [5, 5.41) is 3.68. The lowest BCUT2D eigenvalue weighted by Gasteiger charge is -2.57. The SMILES string of the molecule is C=C(Nc1nc(C)ccc1C)C1CCC2C3CCC4C[C@@](C)(CC)CCC4C3CCC12C.CC.CC.CC.CC.CC.CCC. The summed E-state index contributed by atoms with van der Waals surface area (Å²) < 4.78 is 0. The Kier molecular flexibility index (Phi) is 24.4. The lowest BCUT2D eigenvalue weighted by atomic mass is 9.48. The second-order valence-electron chi connectivity index (χ2n) is 13.5. The van der Waals surface area contributed by atoms with Crippen molar-refractivity contribution in [3.63, 3.8) is 0 Å². The summed E-state index contributed by atoms with van der Waals surface area (Å²) in [5.74, 6) is 6.52. The molecule has 0 saturated heterocycles. The zero-order chi connectivity index (χ0) is 35.4. The van der Waals surface area contributed by atoms with Gasteiger partial charge in [0.25, 0.3) is 0 Å². The average molecular weight is 629 g/mol. The van der Waals surface area contributed by atoms with E-state index in [1.807, 2.05) is 69.2 Å². The van der Waals surface area contributed by atoms with Gasteiger partial charge in [-0.1, -0.05) is 129 Å². The monoisotopic (exact) mass is 629 g/mol. The molecule has 1 aromatic heterocycles. The molecular weight excluding hydrogens is 544 g/mol. The Morgan fingerprint density at radius 1 is 0.756 bits per heavy atom. The van der Waals surface area contributed by atoms with Crippen LogP contribution < -0.4 is 5.32 Å². The van der Waals surface area contributed by atoms with E-state index in [2.05, 4.69) is 72.5 Å². The second-order valence-corrected chi connectivity index (χ2v) is 13.5.